The van der Waals surface area contributed by atoms with Crippen molar-refractivity contribution in [2.45, 2.75) is 6.54 Å². The lowest BCUT2D eigenvalue weighted by Gasteiger charge is -2.23. The number of fused-ring (bicyclic) bond motifs is 1. The van der Waals surface area contributed by atoms with E-state index in [-0.39, 0.29) is 0 Å². The minimum atomic E-state index is 0.920. The number of benzene rings is 1. The zero-order valence-corrected chi connectivity index (χ0v) is 8.95. The van der Waals surface area contributed by atoms with Gasteiger partial charge in [0.05, 0.1) is 26.7 Å². The van der Waals surface area contributed by atoms with Gasteiger partial charge in [-0.15, -0.1) is 0 Å². The molecule has 0 radical (unpaired) electrons. The van der Waals surface area contributed by atoms with Crippen molar-refractivity contribution in [3.63, 3.8) is 0 Å². The fraction of sp³-hybridized carbons (Fsp3) is 0.333. The summed E-state index contributed by atoms with van der Waals surface area (Å²) in [5, 5.41) is 1.24. The van der Waals surface area contributed by atoms with E-state index in [1.54, 1.807) is 0 Å². The molecule has 0 N–H and O–H groups in total. The van der Waals surface area contributed by atoms with Crippen LogP contribution in [0.2, 0.25) is 0 Å². The van der Waals surface area contributed by atoms with Gasteiger partial charge in [-0.25, -0.2) is 0 Å². The Labute approximate surface area is 84.3 Å². The second kappa shape index (κ2) is 3.14. The number of hydrogen-bond acceptors (Lipinski definition) is 1. The lowest BCUT2D eigenvalue weighted by atomic mass is 10.1. The molecule has 2 aromatic rings. The molecule has 14 heavy (non-hydrogen) atoms. The molecular weight excluding hydrogens is 174 g/mol. The summed E-state index contributed by atoms with van der Waals surface area (Å²) in [6.45, 7) is 0.997. The van der Waals surface area contributed by atoms with Gasteiger partial charge in [0.25, 0.3) is 0 Å². The summed E-state index contributed by atoms with van der Waals surface area (Å²) in [7, 11) is 6.55. The van der Waals surface area contributed by atoms with Crippen LogP contribution in [0.15, 0.2) is 34.9 Å². The van der Waals surface area contributed by atoms with Crippen molar-refractivity contribution in [3.8, 4) is 0 Å². The normalized spacial score (nSPS) is 12.2. The Morgan fingerprint density at radius 3 is 2.57 bits per heavy atom. The first-order valence-corrected chi connectivity index (χ1v) is 4.82. The van der Waals surface area contributed by atoms with Crippen molar-refractivity contribution < 1.29 is 8.90 Å². The number of furan rings is 1. The SMILES string of the molecule is C[N+](C)(C)Cc1coc2ccccc12. The van der Waals surface area contributed by atoms with Crippen molar-refractivity contribution in [3.05, 3.63) is 36.1 Å². The van der Waals surface area contributed by atoms with E-state index in [1.165, 1.54) is 10.9 Å². The largest absolute Gasteiger partial charge is 0.464 e. The van der Waals surface area contributed by atoms with Gasteiger partial charge in [0.2, 0.25) is 0 Å². The van der Waals surface area contributed by atoms with Crippen molar-refractivity contribution in [2.24, 2.45) is 0 Å². The summed E-state index contributed by atoms with van der Waals surface area (Å²) in [5.74, 6) is 0. The van der Waals surface area contributed by atoms with E-state index in [2.05, 4.69) is 33.3 Å². The molecule has 0 aliphatic heterocycles. The minimum Gasteiger partial charge on any atom is -0.464 e. The maximum Gasteiger partial charge on any atom is 0.134 e. The molecule has 2 rings (SSSR count). The van der Waals surface area contributed by atoms with Crippen LogP contribution in [0.3, 0.4) is 0 Å². The highest BCUT2D eigenvalue weighted by Gasteiger charge is 2.13. The zero-order valence-electron chi connectivity index (χ0n) is 8.95. The van der Waals surface area contributed by atoms with Gasteiger partial charge in [-0.2, -0.15) is 0 Å². The molecule has 0 saturated heterocycles. The molecule has 1 aromatic heterocycles. The molecule has 0 aliphatic rings. The fourth-order valence-electron chi connectivity index (χ4n) is 1.67. The summed E-state index contributed by atoms with van der Waals surface area (Å²) < 4.78 is 6.41. The van der Waals surface area contributed by atoms with E-state index >= 15 is 0 Å². The molecule has 0 aliphatic carbocycles. The fourth-order valence-corrected chi connectivity index (χ4v) is 1.67. The van der Waals surface area contributed by atoms with Crippen LogP contribution in [0, 0.1) is 0 Å². The molecule has 0 amide bonds. The smallest absolute Gasteiger partial charge is 0.134 e. The Hall–Kier alpha value is -1.28. The Morgan fingerprint density at radius 1 is 1.14 bits per heavy atom. The first-order valence-electron chi connectivity index (χ1n) is 4.82. The second-order valence-corrected chi connectivity index (χ2v) is 4.71. The van der Waals surface area contributed by atoms with Crippen molar-refractivity contribution in [1.82, 2.24) is 0 Å². The van der Waals surface area contributed by atoms with Gasteiger partial charge in [0.15, 0.2) is 0 Å². The Morgan fingerprint density at radius 2 is 1.86 bits per heavy atom. The Kier molecular flexibility index (Phi) is 2.08. The van der Waals surface area contributed by atoms with Gasteiger partial charge in [-0.05, 0) is 6.07 Å². The third-order valence-electron chi connectivity index (χ3n) is 2.21. The van der Waals surface area contributed by atoms with E-state index in [9.17, 15) is 0 Å². The molecule has 0 saturated carbocycles. The second-order valence-electron chi connectivity index (χ2n) is 4.71. The van der Waals surface area contributed by atoms with E-state index in [1.807, 2.05) is 18.4 Å². The van der Waals surface area contributed by atoms with Gasteiger partial charge in [-0.1, -0.05) is 18.2 Å². The molecule has 0 fully saturated rings. The summed E-state index contributed by atoms with van der Waals surface area (Å²) in [4.78, 5) is 0. The van der Waals surface area contributed by atoms with E-state index in [0.29, 0.717) is 0 Å². The molecular formula is C12H16NO+. The first kappa shape index (κ1) is 9.28. The van der Waals surface area contributed by atoms with Gasteiger partial charge in [-0.3, -0.25) is 0 Å². The molecule has 0 unspecified atom stereocenters. The first-order chi connectivity index (χ1) is 6.56. The molecule has 74 valence electrons. The third-order valence-corrected chi connectivity index (χ3v) is 2.21. The van der Waals surface area contributed by atoms with Crippen LogP contribution in [-0.2, 0) is 6.54 Å². The van der Waals surface area contributed by atoms with Crippen LogP contribution in [0.25, 0.3) is 11.0 Å². The average Bonchev–Trinajstić information content (AvgIpc) is 2.47. The van der Waals surface area contributed by atoms with Crippen LogP contribution in [0.1, 0.15) is 5.56 Å². The van der Waals surface area contributed by atoms with Crippen molar-refractivity contribution >= 4 is 11.0 Å². The zero-order chi connectivity index (χ0) is 10.2. The average molecular weight is 190 g/mol. The van der Waals surface area contributed by atoms with Gasteiger partial charge >= 0.3 is 0 Å². The highest BCUT2D eigenvalue weighted by Crippen LogP contribution is 2.22. The van der Waals surface area contributed by atoms with E-state index in [4.69, 9.17) is 4.42 Å². The van der Waals surface area contributed by atoms with Crippen LogP contribution in [-0.4, -0.2) is 25.6 Å². The highest BCUT2D eigenvalue weighted by atomic mass is 16.3. The van der Waals surface area contributed by atoms with Crippen LogP contribution >= 0.6 is 0 Å². The number of quaternary nitrogens is 1. The lowest BCUT2D eigenvalue weighted by Crippen LogP contribution is -2.33. The quantitative estimate of drug-likeness (QED) is 0.663. The molecule has 0 spiro atoms. The molecule has 0 bridgehead atoms. The third kappa shape index (κ3) is 1.80. The van der Waals surface area contributed by atoms with Gasteiger partial charge in [0.1, 0.15) is 18.4 Å². The molecule has 2 nitrogen and oxygen atoms in total. The predicted molar refractivity (Wildman–Crippen MR) is 58.0 cm³/mol. The Bertz CT molecular complexity index is 437. The predicted octanol–water partition coefficient (Wildman–Crippen LogP) is 2.64. The molecule has 2 heteroatoms. The van der Waals surface area contributed by atoms with Gasteiger partial charge in [0, 0.05) is 5.39 Å². The number of rotatable bonds is 2. The standard InChI is InChI=1S/C12H16NO/c1-13(2,3)8-10-9-14-12-7-5-4-6-11(10)12/h4-7,9H,8H2,1-3H3/q+1. The van der Waals surface area contributed by atoms with Crippen LogP contribution in [0.5, 0.6) is 0 Å². The topological polar surface area (TPSA) is 13.1 Å². The number of nitrogens with zero attached hydrogens (tertiary/aromatic N) is 1. The maximum atomic E-state index is 5.48. The molecule has 1 aromatic carbocycles. The van der Waals surface area contributed by atoms with Crippen LogP contribution in [0.4, 0.5) is 0 Å². The van der Waals surface area contributed by atoms with E-state index < -0.39 is 0 Å². The highest BCUT2D eigenvalue weighted by molar-refractivity contribution is 5.80. The minimum absolute atomic E-state index is 0.920. The maximum absolute atomic E-state index is 5.48. The molecule has 0 atom stereocenters. The monoisotopic (exact) mass is 190 g/mol. The summed E-state index contributed by atoms with van der Waals surface area (Å²) in [6, 6.07) is 8.18. The Balaban J connectivity index is 2.44. The van der Waals surface area contributed by atoms with E-state index in [0.717, 1.165) is 16.6 Å². The summed E-state index contributed by atoms with van der Waals surface area (Å²) in [6.07, 6.45) is 1.87. The van der Waals surface area contributed by atoms with Gasteiger partial charge < -0.3 is 8.90 Å². The summed E-state index contributed by atoms with van der Waals surface area (Å²) >= 11 is 0. The van der Waals surface area contributed by atoms with Crippen molar-refractivity contribution in [2.75, 3.05) is 21.1 Å². The van der Waals surface area contributed by atoms with Crippen molar-refractivity contribution in [1.29, 1.82) is 0 Å². The lowest BCUT2D eigenvalue weighted by molar-refractivity contribution is -0.883. The number of para-hydroxylation sites is 1. The molecule has 1 heterocycles. The van der Waals surface area contributed by atoms with Crippen LogP contribution < -0.4 is 0 Å². The number of hydrogen-bond donors (Lipinski definition) is 0. The summed E-state index contributed by atoms with van der Waals surface area (Å²) in [5.41, 5.74) is 2.27.